The molecule has 0 bridgehead atoms. The molecule has 0 amide bonds. The topological polar surface area (TPSA) is 48.7 Å². The molecule has 0 aliphatic rings. The molecule has 0 saturated heterocycles. The van der Waals surface area contributed by atoms with Gasteiger partial charge in [0.05, 0.1) is 11.1 Å². The first kappa shape index (κ1) is 19.1. The highest BCUT2D eigenvalue weighted by atomic mass is 32.2. The van der Waals surface area contributed by atoms with Gasteiger partial charge in [-0.25, -0.2) is 4.72 Å². The Morgan fingerprint density at radius 1 is 1.08 bits per heavy atom. The zero-order valence-electron chi connectivity index (χ0n) is 12.2. The van der Waals surface area contributed by atoms with Gasteiger partial charge in [0.2, 0.25) is 0 Å². The minimum atomic E-state index is -4.96. The van der Waals surface area contributed by atoms with Crippen molar-refractivity contribution >= 4 is 11.9 Å². The van der Waals surface area contributed by atoms with Crippen LogP contribution in [0.5, 0.6) is 0 Å². The van der Waals surface area contributed by atoms with Gasteiger partial charge in [0.1, 0.15) is 12.1 Å². The van der Waals surface area contributed by atoms with Crippen molar-refractivity contribution < 1.29 is 26.3 Å². The molecule has 1 aromatic carbocycles. The largest absolute Gasteiger partial charge is 0.416 e. The molecule has 2 aromatic rings. The van der Waals surface area contributed by atoms with E-state index >= 15 is 0 Å². The van der Waals surface area contributed by atoms with Crippen LogP contribution in [0.15, 0.2) is 47.6 Å². The number of alkyl halides is 6. The van der Waals surface area contributed by atoms with E-state index in [4.69, 9.17) is 5.26 Å². The molecule has 10 heteroatoms. The second-order valence-corrected chi connectivity index (χ2v) is 5.71. The van der Waals surface area contributed by atoms with Crippen LogP contribution in [0, 0.1) is 11.3 Å². The van der Waals surface area contributed by atoms with Crippen LogP contribution in [0.25, 0.3) is 0 Å². The van der Waals surface area contributed by atoms with Crippen molar-refractivity contribution in [3.63, 3.8) is 0 Å². The zero-order valence-corrected chi connectivity index (χ0v) is 13.0. The normalized spacial score (nSPS) is 13.3. The molecule has 25 heavy (non-hydrogen) atoms. The quantitative estimate of drug-likeness (QED) is 0.610. The molecule has 1 aromatic heterocycles. The fraction of sp³-hybridized carbons (Fsp3) is 0.200. The van der Waals surface area contributed by atoms with Crippen LogP contribution in [0.2, 0.25) is 0 Å². The van der Waals surface area contributed by atoms with Gasteiger partial charge in [0.25, 0.3) is 0 Å². The molecule has 2 rings (SSSR count). The van der Waals surface area contributed by atoms with Gasteiger partial charge in [-0.1, -0.05) is 18.2 Å². The van der Waals surface area contributed by atoms with E-state index in [0.717, 1.165) is 18.2 Å². The first-order valence-electron chi connectivity index (χ1n) is 6.63. The van der Waals surface area contributed by atoms with E-state index in [0.29, 0.717) is 18.0 Å². The van der Waals surface area contributed by atoms with Crippen molar-refractivity contribution in [2.24, 2.45) is 0 Å². The number of nitrogens with zero attached hydrogens (tertiary/aromatic N) is 2. The van der Waals surface area contributed by atoms with Crippen LogP contribution in [0.3, 0.4) is 0 Å². The summed E-state index contributed by atoms with van der Waals surface area (Å²) in [6, 6.07) is 3.99. The number of rotatable bonds is 4. The molecule has 0 saturated carbocycles. The maximum absolute atomic E-state index is 13.3. The smallest absolute Gasteiger partial charge is 0.262 e. The highest BCUT2D eigenvalue weighted by molar-refractivity contribution is 7.97. The summed E-state index contributed by atoms with van der Waals surface area (Å²) in [4.78, 5) is 3.85. The Hall–Kier alpha value is -2.25. The van der Waals surface area contributed by atoms with E-state index < -0.39 is 29.5 Å². The van der Waals surface area contributed by atoms with E-state index in [1.807, 2.05) is 4.72 Å². The van der Waals surface area contributed by atoms with E-state index in [9.17, 15) is 26.3 Å². The predicted octanol–water partition coefficient (Wildman–Crippen LogP) is 4.87. The number of hydrogen-bond donors (Lipinski definition) is 1. The summed E-state index contributed by atoms with van der Waals surface area (Å²) in [5.41, 5.74) is -2.18. The van der Waals surface area contributed by atoms with Crippen LogP contribution in [0.1, 0.15) is 22.7 Å². The number of pyridine rings is 1. The molecule has 0 aliphatic carbocycles. The summed E-state index contributed by atoms with van der Waals surface area (Å²) in [6.45, 7) is 0. The Morgan fingerprint density at radius 2 is 1.76 bits per heavy atom. The molecule has 0 radical (unpaired) electrons. The van der Waals surface area contributed by atoms with E-state index in [2.05, 4.69) is 4.98 Å². The second kappa shape index (κ2) is 7.33. The Labute approximate surface area is 142 Å². The molecule has 0 spiro atoms. The number of nitriles is 1. The first-order valence-corrected chi connectivity index (χ1v) is 7.45. The third-order valence-electron chi connectivity index (χ3n) is 3.04. The second-order valence-electron chi connectivity index (χ2n) is 4.80. The number of nitrogens with one attached hydrogen (secondary N) is 1. The summed E-state index contributed by atoms with van der Waals surface area (Å²) in [5.74, 6) is 0. The van der Waals surface area contributed by atoms with Crippen LogP contribution < -0.4 is 4.72 Å². The van der Waals surface area contributed by atoms with Gasteiger partial charge in [0.15, 0.2) is 0 Å². The van der Waals surface area contributed by atoms with E-state index in [1.165, 1.54) is 18.5 Å². The summed E-state index contributed by atoms with van der Waals surface area (Å²) >= 11 is 0.448. The molecule has 1 atom stereocenters. The molecular weight excluding hydrogens is 368 g/mol. The summed E-state index contributed by atoms with van der Waals surface area (Å²) in [7, 11) is 0. The highest BCUT2D eigenvalue weighted by Crippen LogP contribution is 2.41. The van der Waals surface area contributed by atoms with Crippen LogP contribution >= 0.6 is 11.9 Å². The summed E-state index contributed by atoms with van der Waals surface area (Å²) in [6.07, 6.45) is -7.48. The Balaban J connectivity index is 2.34. The minimum absolute atomic E-state index is 0.117. The molecule has 0 aliphatic heterocycles. The van der Waals surface area contributed by atoms with Gasteiger partial charge in [-0.05, 0) is 29.6 Å². The molecule has 3 nitrogen and oxygen atoms in total. The summed E-state index contributed by atoms with van der Waals surface area (Å²) in [5, 5.41) is 8.75. The van der Waals surface area contributed by atoms with Crippen LogP contribution in [0.4, 0.5) is 26.3 Å². The first-order chi connectivity index (χ1) is 11.6. The molecule has 0 fully saturated rings. The van der Waals surface area contributed by atoms with Crippen molar-refractivity contribution in [2.45, 2.75) is 23.3 Å². The average Bonchev–Trinajstić information content (AvgIpc) is 2.53. The lowest BCUT2D eigenvalue weighted by molar-refractivity contribution is -0.158. The average molecular weight is 377 g/mol. The maximum Gasteiger partial charge on any atom is 0.416 e. The number of hydrogen-bond acceptors (Lipinski definition) is 4. The molecule has 1 N–H and O–H groups in total. The van der Waals surface area contributed by atoms with Crippen LogP contribution in [-0.2, 0) is 6.18 Å². The van der Waals surface area contributed by atoms with E-state index in [1.54, 1.807) is 6.07 Å². The third kappa shape index (κ3) is 4.87. The zero-order chi connectivity index (χ0) is 18.7. The molecule has 1 unspecified atom stereocenters. The van der Waals surface area contributed by atoms with Crippen LogP contribution in [-0.4, -0.2) is 11.2 Å². The van der Waals surface area contributed by atoms with Crippen molar-refractivity contribution in [2.75, 3.05) is 0 Å². The Morgan fingerprint density at radius 3 is 2.36 bits per heavy atom. The van der Waals surface area contributed by atoms with E-state index in [-0.39, 0.29) is 10.5 Å². The fourth-order valence-electron chi connectivity index (χ4n) is 1.98. The van der Waals surface area contributed by atoms with Gasteiger partial charge < -0.3 is 0 Å². The standard InChI is InChI=1S/C15H9F6N3S/c16-14(17,18)12-4-2-1-3-11(12)13(15(19,20)21)24-25-10-5-9(6-22)7-23-8-10/h1-5,7-8,13,24H. The summed E-state index contributed by atoms with van der Waals surface area (Å²) < 4.78 is 81.0. The third-order valence-corrected chi connectivity index (χ3v) is 3.85. The Bertz CT molecular complexity index is 782. The fourth-order valence-corrected chi connectivity index (χ4v) is 2.79. The maximum atomic E-state index is 13.3. The Kier molecular flexibility index (Phi) is 5.59. The highest BCUT2D eigenvalue weighted by Gasteiger charge is 2.45. The lowest BCUT2D eigenvalue weighted by atomic mass is 10.0. The molecule has 132 valence electrons. The SMILES string of the molecule is N#Cc1cncc(SNC(c2ccccc2C(F)(F)F)C(F)(F)F)c1. The van der Waals surface area contributed by atoms with Crippen molar-refractivity contribution in [3.8, 4) is 6.07 Å². The minimum Gasteiger partial charge on any atom is -0.262 e. The van der Waals surface area contributed by atoms with Gasteiger partial charge in [0, 0.05) is 17.3 Å². The number of aromatic nitrogens is 1. The molecule has 1 heterocycles. The lowest BCUT2D eigenvalue weighted by Crippen LogP contribution is -2.32. The predicted molar refractivity (Wildman–Crippen MR) is 78.2 cm³/mol. The van der Waals surface area contributed by atoms with Gasteiger partial charge in [-0.2, -0.15) is 31.6 Å². The van der Waals surface area contributed by atoms with Gasteiger partial charge >= 0.3 is 12.4 Å². The lowest BCUT2D eigenvalue weighted by Gasteiger charge is -2.24. The van der Waals surface area contributed by atoms with Gasteiger partial charge in [-0.3, -0.25) is 4.98 Å². The van der Waals surface area contributed by atoms with Crippen molar-refractivity contribution in [1.29, 1.82) is 5.26 Å². The molecular formula is C15H9F6N3S. The number of benzene rings is 1. The van der Waals surface area contributed by atoms with Gasteiger partial charge in [-0.15, -0.1) is 0 Å². The number of halogens is 6. The monoisotopic (exact) mass is 377 g/mol. The van der Waals surface area contributed by atoms with Crippen molar-refractivity contribution in [1.82, 2.24) is 9.71 Å². The van der Waals surface area contributed by atoms with Crippen molar-refractivity contribution in [3.05, 3.63) is 59.4 Å².